The third kappa shape index (κ3) is 15.2. The van der Waals surface area contributed by atoms with Crippen LogP contribution in [0.1, 0.15) is 128 Å². The minimum absolute atomic E-state index is 0.172. The first-order valence-corrected chi connectivity index (χ1v) is 15.9. The van der Waals surface area contributed by atoms with Gasteiger partial charge in [-0.3, -0.25) is 9.05 Å². The van der Waals surface area contributed by atoms with Crippen molar-refractivity contribution in [1.29, 1.82) is 0 Å². The normalized spacial score (nSPS) is 20.1. The molecule has 0 amide bonds. The van der Waals surface area contributed by atoms with E-state index in [9.17, 15) is 9.46 Å². The van der Waals surface area contributed by atoms with Crippen LogP contribution >= 0.6 is 7.82 Å². The molecule has 0 aromatic heterocycles. The number of rotatable bonds is 21. The molecule has 35 heavy (non-hydrogen) atoms. The Kier molecular flexibility index (Phi) is 16.9. The molecule has 0 spiro atoms. The van der Waals surface area contributed by atoms with Gasteiger partial charge in [-0.15, -0.1) is 0 Å². The average Bonchev–Trinajstić information content (AvgIpc) is 2.86. The lowest BCUT2D eigenvalue weighted by Gasteiger charge is -2.32. The molecule has 1 aliphatic carbocycles. The second-order valence-corrected chi connectivity index (χ2v) is 11.6. The lowest BCUT2D eigenvalue weighted by molar-refractivity contribution is -0.0660. The minimum Gasteiger partial charge on any atom is -0.371 e. The van der Waals surface area contributed by atoms with Crippen LogP contribution in [0.15, 0.2) is 30.3 Å². The number of hydrogen-bond donors (Lipinski definition) is 1. The van der Waals surface area contributed by atoms with Gasteiger partial charge in [-0.2, -0.15) is 0 Å². The number of phosphoric acid groups is 1. The Hall–Kier alpha value is -0.710. The summed E-state index contributed by atoms with van der Waals surface area (Å²) >= 11 is 0. The Bertz CT molecular complexity index is 668. The first-order chi connectivity index (χ1) is 17.1. The minimum atomic E-state index is -4.06. The molecule has 0 heterocycles. The van der Waals surface area contributed by atoms with E-state index in [4.69, 9.17) is 13.8 Å². The molecular weight excluding hydrogens is 459 g/mol. The topological polar surface area (TPSA) is 65.0 Å². The van der Waals surface area contributed by atoms with E-state index in [1.165, 1.54) is 70.6 Å². The van der Waals surface area contributed by atoms with Gasteiger partial charge in [0.15, 0.2) is 0 Å². The largest absolute Gasteiger partial charge is 0.472 e. The van der Waals surface area contributed by atoms with Crippen molar-refractivity contribution in [2.75, 3.05) is 6.61 Å². The van der Waals surface area contributed by atoms with E-state index in [0.29, 0.717) is 6.61 Å². The Morgan fingerprint density at radius 3 is 1.86 bits per heavy atom. The summed E-state index contributed by atoms with van der Waals surface area (Å²) in [5.74, 6) is 0. The Morgan fingerprint density at radius 1 is 0.771 bits per heavy atom. The van der Waals surface area contributed by atoms with E-state index >= 15 is 0 Å². The summed E-state index contributed by atoms with van der Waals surface area (Å²) in [4.78, 5) is 10.2. The molecule has 1 fully saturated rings. The summed E-state index contributed by atoms with van der Waals surface area (Å²) in [6.07, 6.45) is 21.0. The van der Waals surface area contributed by atoms with Crippen molar-refractivity contribution in [2.45, 2.75) is 141 Å². The molecule has 0 saturated heterocycles. The number of phosphoric ester groups is 1. The molecule has 0 bridgehead atoms. The second-order valence-electron chi connectivity index (χ2n) is 10.2. The van der Waals surface area contributed by atoms with Crippen LogP contribution < -0.4 is 0 Å². The molecule has 1 aromatic rings. The van der Waals surface area contributed by atoms with Crippen molar-refractivity contribution in [1.82, 2.24) is 0 Å². The average molecular weight is 511 g/mol. The van der Waals surface area contributed by atoms with E-state index < -0.39 is 7.82 Å². The van der Waals surface area contributed by atoms with Crippen molar-refractivity contribution in [2.24, 2.45) is 0 Å². The zero-order valence-corrected chi connectivity index (χ0v) is 23.1. The van der Waals surface area contributed by atoms with Gasteiger partial charge in [0.25, 0.3) is 0 Å². The molecule has 5 nitrogen and oxygen atoms in total. The zero-order chi connectivity index (χ0) is 25.0. The van der Waals surface area contributed by atoms with Crippen molar-refractivity contribution in [3.63, 3.8) is 0 Å². The monoisotopic (exact) mass is 510 g/mol. The fourth-order valence-corrected chi connectivity index (χ4v) is 5.83. The van der Waals surface area contributed by atoms with Crippen LogP contribution in [-0.2, 0) is 25.0 Å². The summed E-state index contributed by atoms with van der Waals surface area (Å²) in [6, 6.07) is 10.00. The van der Waals surface area contributed by atoms with Gasteiger partial charge in [0, 0.05) is 0 Å². The highest BCUT2D eigenvalue weighted by Crippen LogP contribution is 2.47. The van der Waals surface area contributed by atoms with Crippen LogP contribution in [-0.4, -0.2) is 23.7 Å². The third-order valence-electron chi connectivity index (χ3n) is 6.97. The summed E-state index contributed by atoms with van der Waals surface area (Å²) in [5, 5.41) is 0. The molecule has 0 radical (unpaired) electrons. The number of hydrogen-bond acceptors (Lipinski definition) is 4. The highest BCUT2D eigenvalue weighted by molar-refractivity contribution is 7.47. The maximum absolute atomic E-state index is 12.5. The Balaban J connectivity index is 1.48. The molecule has 1 saturated carbocycles. The van der Waals surface area contributed by atoms with Gasteiger partial charge in [0.1, 0.15) is 0 Å². The first-order valence-electron chi connectivity index (χ1n) is 14.4. The highest BCUT2D eigenvalue weighted by atomic mass is 31.2. The van der Waals surface area contributed by atoms with Crippen molar-refractivity contribution in [3.05, 3.63) is 35.9 Å². The van der Waals surface area contributed by atoms with E-state index in [1.54, 1.807) is 0 Å². The van der Waals surface area contributed by atoms with E-state index in [2.05, 4.69) is 6.92 Å². The van der Waals surface area contributed by atoms with Gasteiger partial charge in [0.2, 0.25) is 0 Å². The standard InChI is InChI=1S/C29H51O5P/c1-2-3-4-5-6-7-8-9-10-11-12-13-14-20-25-33-35(30,31)34-29-24-19-18-23-28(29)32-26-27-21-16-15-17-22-27/h15-17,21-22,28-29H,2-14,18-20,23-26H2,1H3,(H,30,31)/t28-,29+/m1/s1. The molecule has 1 aromatic carbocycles. The lowest BCUT2D eigenvalue weighted by atomic mass is 9.95. The summed E-state index contributed by atoms with van der Waals surface area (Å²) < 4.78 is 29.4. The summed E-state index contributed by atoms with van der Waals surface area (Å²) in [5.41, 5.74) is 1.10. The van der Waals surface area contributed by atoms with E-state index in [0.717, 1.165) is 50.5 Å². The predicted molar refractivity (Wildman–Crippen MR) is 144 cm³/mol. The number of benzene rings is 1. The fraction of sp³-hybridized carbons (Fsp3) is 0.793. The van der Waals surface area contributed by atoms with Crippen LogP contribution in [0.3, 0.4) is 0 Å². The molecule has 3 atom stereocenters. The van der Waals surface area contributed by atoms with Crippen LogP contribution in [0, 0.1) is 0 Å². The smallest absolute Gasteiger partial charge is 0.371 e. The van der Waals surface area contributed by atoms with Crippen LogP contribution in [0.4, 0.5) is 0 Å². The number of unbranched alkanes of at least 4 members (excludes halogenated alkanes) is 13. The molecule has 1 N–H and O–H groups in total. The van der Waals surface area contributed by atoms with Gasteiger partial charge in [-0.1, -0.05) is 134 Å². The molecule has 202 valence electrons. The van der Waals surface area contributed by atoms with Gasteiger partial charge in [-0.25, -0.2) is 4.57 Å². The van der Waals surface area contributed by atoms with Crippen LogP contribution in [0.5, 0.6) is 0 Å². The molecule has 2 rings (SSSR count). The van der Waals surface area contributed by atoms with Gasteiger partial charge >= 0.3 is 7.82 Å². The van der Waals surface area contributed by atoms with Gasteiger partial charge in [0.05, 0.1) is 25.4 Å². The number of ether oxygens (including phenoxy) is 1. The zero-order valence-electron chi connectivity index (χ0n) is 22.2. The van der Waals surface area contributed by atoms with E-state index in [-0.39, 0.29) is 18.8 Å². The summed E-state index contributed by atoms with van der Waals surface area (Å²) in [7, 11) is -4.06. The molecule has 6 heteroatoms. The third-order valence-corrected chi connectivity index (χ3v) is 8.02. The first kappa shape index (κ1) is 30.5. The Morgan fingerprint density at radius 2 is 1.29 bits per heavy atom. The van der Waals surface area contributed by atoms with Crippen LogP contribution in [0.2, 0.25) is 0 Å². The molecule has 1 aliphatic rings. The van der Waals surface area contributed by atoms with Crippen molar-refractivity contribution >= 4 is 7.82 Å². The van der Waals surface area contributed by atoms with E-state index in [1.807, 2.05) is 30.3 Å². The Labute approximate surface area is 215 Å². The molecule has 0 aliphatic heterocycles. The lowest BCUT2D eigenvalue weighted by Crippen LogP contribution is -2.34. The maximum atomic E-state index is 12.5. The van der Waals surface area contributed by atoms with Crippen LogP contribution in [0.25, 0.3) is 0 Å². The van der Waals surface area contributed by atoms with Crippen molar-refractivity contribution < 1.29 is 23.2 Å². The van der Waals surface area contributed by atoms with Gasteiger partial charge in [-0.05, 0) is 24.8 Å². The SMILES string of the molecule is CCCCCCCCCCCCCCCCOP(=O)(O)O[C@H]1CCCC[C@H]1OCc1ccccc1. The summed E-state index contributed by atoms with van der Waals surface area (Å²) in [6.45, 7) is 3.03. The fourth-order valence-electron chi connectivity index (χ4n) is 4.83. The maximum Gasteiger partial charge on any atom is 0.472 e. The predicted octanol–water partition coefficient (Wildman–Crippen LogP) is 9.13. The van der Waals surface area contributed by atoms with Crippen molar-refractivity contribution in [3.8, 4) is 0 Å². The second kappa shape index (κ2) is 19.4. The van der Waals surface area contributed by atoms with Gasteiger partial charge < -0.3 is 9.63 Å². The highest BCUT2D eigenvalue weighted by Gasteiger charge is 2.34. The quantitative estimate of drug-likeness (QED) is 0.132. The molecule has 1 unspecified atom stereocenters. The molecular formula is C29H51O5P.